The zero-order valence-electron chi connectivity index (χ0n) is 15.7. The Morgan fingerprint density at radius 2 is 2.15 bits per heavy atom. The van der Waals surface area contributed by atoms with E-state index in [0.717, 1.165) is 41.1 Å². The molecule has 0 fully saturated rings. The van der Waals surface area contributed by atoms with Crippen LogP contribution >= 0.6 is 11.3 Å². The number of Topliss-reactive ketones (excluding diaryl/α,β-unsaturated/α-hetero) is 1. The van der Waals surface area contributed by atoms with Crippen LogP contribution < -0.4 is 11.1 Å². The van der Waals surface area contributed by atoms with E-state index >= 15 is 0 Å². The summed E-state index contributed by atoms with van der Waals surface area (Å²) in [4.78, 5) is 32.6. The summed E-state index contributed by atoms with van der Waals surface area (Å²) in [5.74, 6) is -0.00234. The Labute approximate surface area is 162 Å². The number of anilines is 1. The number of nitrogens with one attached hydrogen (secondary N) is 1. The minimum absolute atomic E-state index is 0.208. The summed E-state index contributed by atoms with van der Waals surface area (Å²) in [5.41, 5.74) is 9.93. The van der Waals surface area contributed by atoms with E-state index in [1.54, 1.807) is 6.08 Å². The van der Waals surface area contributed by atoms with Crippen LogP contribution in [0, 0.1) is 0 Å². The molecule has 2 aromatic rings. The molecule has 1 aliphatic carbocycles. The molecule has 0 saturated heterocycles. The maximum atomic E-state index is 12.7. The lowest BCUT2D eigenvalue weighted by Gasteiger charge is -2.31. The molecule has 4 rings (SSSR count). The molecule has 0 atom stereocenters. The Morgan fingerprint density at radius 3 is 2.85 bits per heavy atom. The largest absolute Gasteiger partial charge is 0.397 e. The van der Waals surface area contributed by atoms with Gasteiger partial charge < -0.3 is 11.1 Å². The summed E-state index contributed by atoms with van der Waals surface area (Å²) in [6.45, 7) is 6.27. The van der Waals surface area contributed by atoms with E-state index in [1.165, 1.54) is 16.9 Å². The van der Waals surface area contributed by atoms with E-state index in [2.05, 4.69) is 30.1 Å². The van der Waals surface area contributed by atoms with Crippen LogP contribution in [-0.2, 0) is 17.8 Å². The van der Waals surface area contributed by atoms with Gasteiger partial charge in [-0.2, -0.15) is 0 Å². The molecule has 0 unspecified atom stereocenters. The van der Waals surface area contributed by atoms with Crippen molar-refractivity contribution in [2.75, 3.05) is 12.3 Å². The third-order valence-corrected chi connectivity index (χ3v) is 6.47. The molecule has 0 aromatic carbocycles. The Balaban J connectivity index is 1.62. The lowest BCUT2D eigenvalue weighted by atomic mass is 10.0. The van der Waals surface area contributed by atoms with Gasteiger partial charge in [0.1, 0.15) is 15.5 Å². The Kier molecular flexibility index (Phi) is 4.74. The first-order chi connectivity index (χ1) is 12.9. The Morgan fingerprint density at radius 1 is 1.33 bits per heavy atom. The molecule has 6 nitrogen and oxygen atoms in total. The first-order valence-electron chi connectivity index (χ1n) is 9.39. The number of hydrogen-bond acceptors (Lipinski definition) is 6. The van der Waals surface area contributed by atoms with E-state index in [9.17, 15) is 9.59 Å². The fraction of sp³-hybridized carbons (Fsp3) is 0.450. The summed E-state index contributed by atoms with van der Waals surface area (Å²) in [6, 6.07) is 2.60. The number of carbonyl (C=O) groups is 2. The number of nitrogens with zero attached hydrogens (tertiary/aromatic N) is 2. The van der Waals surface area contributed by atoms with Gasteiger partial charge in [0.2, 0.25) is 0 Å². The number of ketones is 1. The number of nitrogens with two attached hydrogens (primary N) is 1. The zero-order valence-corrected chi connectivity index (χ0v) is 16.5. The van der Waals surface area contributed by atoms with Crippen LogP contribution in [-0.4, -0.2) is 34.2 Å². The number of allylic oxidation sites excluding steroid dienone is 2. The molecule has 27 heavy (non-hydrogen) atoms. The number of carbonyl (C=O) groups excluding carboxylic acids is 2. The van der Waals surface area contributed by atoms with Crippen molar-refractivity contribution in [2.24, 2.45) is 0 Å². The van der Waals surface area contributed by atoms with E-state index in [4.69, 9.17) is 10.7 Å². The van der Waals surface area contributed by atoms with Crippen LogP contribution in [0.2, 0.25) is 0 Å². The summed E-state index contributed by atoms with van der Waals surface area (Å²) >= 11 is 1.35. The average molecular weight is 385 g/mol. The maximum absolute atomic E-state index is 12.7. The SMILES string of the molecule is CC(C)N1CCc2nc3sc(C(=O)NC4=CCC(=O)CC4)c(N)c3cc2C1. The molecule has 0 spiro atoms. The van der Waals surface area contributed by atoms with Gasteiger partial charge in [-0.25, -0.2) is 4.98 Å². The van der Waals surface area contributed by atoms with Crippen LogP contribution in [0.1, 0.15) is 54.0 Å². The molecule has 2 aromatic heterocycles. The molecule has 142 valence electrons. The van der Waals surface area contributed by atoms with Gasteiger partial charge in [0.25, 0.3) is 5.91 Å². The second-order valence-electron chi connectivity index (χ2n) is 7.53. The van der Waals surface area contributed by atoms with Crippen molar-refractivity contribution < 1.29 is 9.59 Å². The first-order valence-corrected chi connectivity index (χ1v) is 10.2. The van der Waals surface area contributed by atoms with Crippen molar-refractivity contribution in [1.29, 1.82) is 0 Å². The Bertz CT molecular complexity index is 961. The molecular weight excluding hydrogens is 360 g/mol. The van der Waals surface area contributed by atoms with Gasteiger partial charge in [0.05, 0.1) is 5.69 Å². The standard InChI is InChI=1S/C20H24N4O2S/c1-11(2)24-8-7-16-12(10-24)9-15-17(21)18(27-20(15)23-16)19(26)22-13-3-5-14(25)6-4-13/h3,9,11H,4-8,10,21H2,1-2H3,(H,22,26). The highest BCUT2D eigenvalue weighted by atomic mass is 32.1. The first kappa shape index (κ1) is 18.1. The van der Waals surface area contributed by atoms with Crippen molar-refractivity contribution in [2.45, 2.75) is 52.1 Å². The number of rotatable bonds is 3. The maximum Gasteiger partial charge on any atom is 0.267 e. The molecule has 1 aliphatic heterocycles. The molecule has 3 N–H and O–H groups in total. The number of aromatic nitrogens is 1. The van der Waals surface area contributed by atoms with Crippen molar-refractivity contribution in [3.63, 3.8) is 0 Å². The highest BCUT2D eigenvalue weighted by Crippen LogP contribution is 2.35. The number of thiophene rings is 1. The summed E-state index contributed by atoms with van der Waals surface area (Å²) in [5, 5.41) is 3.78. The van der Waals surface area contributed by atoms with E-state index in [1.807, 2.05) is 0 Å². The molecule has 0 bridgehead atoms. The molecule has 2 aliphatic rings. The lowest BCUT2D eigenvalue weighted by molar-refractivity contribution is -0.118. The van der Waals surface area contributed by atoms with E-state index in [0.29, 0.717) is 35.9 Å². The smallest absolute Gasteiger partial charge is 0.267 e. The Hall–Kier alpha value is -2.25. The predicted octanol–water partition coefficient (Wildman–Crippen LogP) is 3.01. The van der Waals surface area contributed by atoms with Crippen LogP contribution in [0.4, 0.5) is 5.69 Å². The lowest BCUT2D eigenvalue weighted by Crippen LogP contribution is -2.36. The number of fused-ring (bicyclic) bond motifs is 2. The second kappa shape index (κ2) is 7.05. The highest BCUT2D eigenvalue weighted by molar-refractivity contribution is 7.21. The number of amides is 1. The van der Waals surface area contributed by atoms with Crippen LogP contribution in [0.15, 0.2) is 17.8 Å². The fourth-order valence-corrected chi connectivity index (χ4v) is 4.65. The van der Waals surface area contributed by atoms with Gasteiger partial charge in [-0.1, -0.05) is 6.08 Å². The summed E-state index contributed by atoms with van der Waals surface area (Å²) < 4.78 is 0. The molecule has 1 amide bonds. The highest BCUT2D eigenvalue weighted by Gasteiger charge is 2.24. The third kappa shape index (κ3) is 3.49. The average Bonchev–Trinajstić information content (AvgIpc) is 2.97. The van der Waals surface area contributed by atoms with Crippen LogP contribution in [0.3, 0.4) is 0 Å². The molecule has 3 heterocycles. The van der Waals surface area contributed by atoms with Gasteiger partial charge in [0.15, 0.2) is 0 Å². The number of hydrogen-bond donors (Lipinski definition) is 2. The van der Waals surface area contributed by atoms with Gasteiger partial charge in [-0.05, 0) is 31.9 Å². The van der Waals surface area contributed by atoms with E-state index < -0.39 is 0 Å². The van der Waals surface area contributed by atoms with Crippen molar-refractivity contribution >= 4 is 38.9 Å². The summed E-state index contributed by atoms with van der Waals surface area (Å²) in [6.07, 6.45) is 4.16. The minimum atomic E-state index is -0.210. The van der Waals surface area contributed by atoms with Crippen molar-refractivity contribution in [3.05, 3.63) is 34.0 Å². The fourth-order valence-electron chi connectivity index (χ4n) is 3.66. The zero-order chi connectivity index (χ0) is 19.1. The topological polar surface area (TPSA) is 88.3 Å². The van der Waals surface area contributed by atoms with Gasteiger partial charge in [-0.15, -0.1) is 11.3 Å². The summed E-state index contributed by atoms with van der Waals surface area (Å²) in [7, 11) is 0. The minimum Gasteiger partial charge on any atom is -0.397 e. The predicted molar refractivity (Wildman–Crippen MR) is 108 cm³/mol. The normalized spacial score (nSPS) is 17.9. The van der Waals surface area contributed by atoms with Crippen molar-refractivity contribution in [1.82, 2.24) is 15.2 Å². The van der Waals surface area contributed by atoms with E-state index in [-0.39, 0.29) is 11.7 Å². The van der Waals surface area contributed by atoms with Crippen LogP contribution in [0.25, 0.3) is 10.2 Å². The molecule has 7 heteroatoms. The number of nitrogen functional groups attached to an aromatic ring is 1. The number of pyridine rings is 1. The third-order valence-electron chi connectivity index (χ3n) is 5.36. The van der Waals surface area contributed by atoms with Gasteiger partial charge in [-0.3, -0.25) is 14.5 Å². The van der Waals surface area contributed by atoms with Gasteiger partial charge in [0, 0.05) is 55.2 Å². The molecular formula is C20H24N4O2S. The molecule has 0 saturated carbocycles. The van der Waals surface area contributed by atoms with Crippen LogP contribution in [0.5, 0.6) is 0 Å². The quantitative estimate of drug-likeness (QED) is 0.849. The molecule has 0 radical (unpaired) electrons. The second-order valence-corrected chi connectivity index (χ2v) is 8.53. The monoisotopic (exact) mass is 384 g/mol. The van der Waals surface area contributed by atoms with Gasteiger partial charge >= 0.3 is 0 Å². The van der Waals surface area contributed by atoms with Crippen molar-refractivity contribution in [3.8, 4) is 0 Å².